The van der Waals surface area contributed by atoms with Crippen molar-refractivity contribution >= 4 is 44.8 Å². The lowest BCUT2D eigenvalue weighted by Crippen LogP contribution is -2.38. The Morgan fingerprint density at radius 3 is 2.64 bits per heavy atom. The number of amides is 1. The molecule has 0 unspecified atom stereocenters. The molecule has 1 amide bonds. The molecule has 3 heterocycles. The first-order valence-electron chi connectivity index (χ1n) is 7.90. The number of benzene rings is 1. The van der Waals surface area contributed by atoms with E-state index >= 15 is 0 Å². The van der Waals surface area contributed by atoms with E-state index in [2.05, 4.69) is 25.8 Å². The second-order valence-corrected chi connectivity index (χ2v) is 7.54. The van der Waals surface area contributed by atoms with Crippen molar-refractivity contribution in [2.45, 2.75) is 0 Å². The molecular weight excluding hydrogens is 404 g/mol. The number of aliphatic imine (C=N–C) groups is 1. The fraction of sp³-hybridized carbons (Fsp3) is 0.222. The lowest BCUT2D eigenvalue weighted by atomic mass is 10.2. The maximum atomic E-state index is 12.2. The van der Waals surface area contributed by atoms with Crippen molar-refractivity contribution < 1.29 is 13.9 Å². The summed E-state index contributed by atoms with van der Waals surface area (Å²) in [6.07, 6.45) is 1.76. The van der Waals surface area contributed by atoms with E-state index in [1.54, 1.807) is 6.08 Å². The third kappa shape index (κ3) is 3.73. The van der Waals surface area contributed by atoms with Gasteiger partial charge in [0.1, 0.15) is 11.5 Å². The molecule has 0 radical (unpaired) electrons. The van der Waals surface area contributed by atoms with Gasteiger partial charge in [0.2, 0.25) is 0 Å². The molecule has 1 aromatic carbocycles. The Hall–Kier alpha value is -1.83. The normalized spacial score (nSPS) is 19.6. The van der Waals surface area contributed by atoms with Crippen molar-refractivity contribution in [1.29, 1.82) is 0 Å². The van der Waals surface area contributed by atoms with E-state index in [9.17, 15) is 4.79 Å². The van der Waals surface area contributed by atoms with E-state index in [-0.39, 0.29) is 5.91 Å². The first-order valence-corrected chi connectivity index (χ1v) is 9.51. The topological polar surface area (TPSA) is 55.0 Å². The summed E-state index contributed by atoms with van der Waals surface area (Å²) in [6.45, 7) is 2.87. The molecule has 0 atom stereocenters. The average molecular weight is 419 g/mol. The quantitative estimate of drug-likeness (QED) is 0.689. The van der Waals surface area contributed by atoms with E-state index < -0.39 is 0 Å². The predicted molar refractivity (Wildman–Crippen MR) is 102 cm³/mol. The predicted octanol–water partition coefficient (Wildman–Crippen LogP) is 4.01. The second kappa shape index (κ2) is 7.19. The molecule has 4 rings (SSSR count). The Kier molecular flexibility index (Phi) is 4.78. The van der Waals surface area contributed by atoms with Crippen LogP contribution < -0.4 is 0 Å². The second-order valence-electron chi connectivity index (χ2n) is 5.62. The highest BCUT2D eigenvalue weighted by Gasteiger charge is 2.27. The summed E-state index contributed by atoms with van der Waals surface area (Å²) in [5, 5.41) is 0.749. The Bertz CT molecular complexity index is 851. The van der Waals surface area contributed by atoms with Gasteiger partial charge in [-0.1, -0.05) is 28.1 Å². The van der Waals surface area contributed by atoms with Gasteiger partial charge in [0.25, 0.3) is 5.91 Å². The van der Waals surface area contributed by atoms with Crippen LogP contribution in [0.15, 0.2) is 55.2 Å². The van der Waals surface area contributed by atoms with Crippen molar-refractivity contribution in [3.05, 3.63) is 51.5 Å². The average Bonchev–Trinajstić information content (AvgIpc) is 3.24. The third-order valence-electron chi connectivity index (χ3n) is 3.92. The van der Waals surface area contributed by atoms with Gasteiger partial charge in [0.05, 0.1) is 18.1 Å². The fourth-order valence-corrected chi connectivity index (χ4v) is 3.83. The van der Waals surface area contributed by atoms with Crippen molar-refractivity contribution in [3.63, 3.8) is 0 Å². The first kappa shape index (κ1) is 16.6. The zero-order valence-electron chi connectivity index (χ0n) is 13.3. The summed E-state index contributed by atoms with van der Waals surface area (Å²) in [6, 6.07) is 11.7. The van der Waals surface area contributed by atoms with Crippen molar-refractivity contribution in [3.8, 4) is 11.3 Å². The van der Waals surface area contributed by atoms with Crippen LogP contribution >= 0.6 is 27.7 Å². The number of nitrogens with zero attached hydrogens (tertiary/aromatic N) is 2. The molecule has 128 valence electrons. The Labute approximate surface area is 157 Å². The van der Waals surface area contributed by atoms with Gasteiger partial charge in [-0.05, 0) is 36.0 Å². The van der Waals surface area contributed by atoms with E-state index in [1.165, 1.54) is 11.8 Å². The van der Waals surface area contributed by atoms with Crippen LogP contribution in [0.3, 0.4) is 0 Å². The van der Waals surface area contributed by atoms with Crippen LogP contribution in [-0.4, -0.2) is 42.3 Å². The molecule has 0 spiro atoms. The van der Waals surface area contributed by atoms with Gasteiger partial charge in [-0.3, -0.25) is 4.79 Å². The summed E-state index contributed by atoms with van der Waals surface area (Å²) >= 11 is 4.81. The molecule has 7 heteroatoms. The van der Waals surface area contributed by atoms with E-state index in [4.69, 9.17) is 9.15 Å². The van der Waals surface area contributed by atoms with Crippen LogP contribution in [0.25, 0.3) is 17.4 Å². The molecule has 2 aliphatic rings. The molecule has 2 aromatic rings. The Balaban J connectivity index is 1.50. The van der Waals surface area contributed by atoms with Gasteiger partial charge < -0.3 is 14.1 Å². The number of ether oxygens (including phenoxy) is 1. The number of thioether (sulfide) groups is 1. The third-order valence-corrected chi connectivity index (χ3v) is 5.49. The van der Waals surface area contributed by atoms with Crippen molar-refractivity contribution in [1.82, 2.24) is 4.90 Å². The highest BCUT2D eigenvalue weighted by molar-refractivity contribution is 9.10. The van der Waals surface area contributed by atoms with Crippen LogP contribution in [0.1, 0.15) is 5.76 Å². The molecule has 2 aliphatic heterocycles. The zero-order chi connectivity index (χ0) is 17.2. The largest absolute Gasteiger partial charge is 0.457 e. The van der Waals surface area contributed by atoms with E-state index in [0.29, 0.717) is 23.9 Å². The van der Waals surface area contributed by atoms with E-state index in [0.717, 1.165) is 34.1 Å². The van der Waals surface area contributed by atoms with Gasteiger partial charge in [-0.15, -0.1) is 0 Å². The van der Waals surface area contributed by atoms with Crippen molar-refractivity contribution in [2.75, 3.05) is 26.3 Å². The van der Waals surface area contributed by atoms with Gasteiger partial charge in [0, 0.05) is 29.2 Å². The zero-order valence-corrected chi connectivity index (χ0v) is 15.7. The number of carbonyl (C=O) groups excluding carboxylic acids is 1. The molecule has 1 saturated heterocycles. The van der Waals surface area contributed by atoms with Crippen LogP contribution in [0.4, 0.5) is 0 Å². The lowest BCUT2D eigenvalue weighted by molar-refractivity contribution is -0.113. The maximum absolute atomic E-state index is 12.2. The molecule has 1 fully saturated rings. The Morgan fingerprint density at radius 1 is 1.12 bits per heavy atom. The number of amidine groups is 1. The highest BCUT2D eigenvalue weighted by atomic mass is 79.9. The van der Waals surface area contributed by atoms with Gasteiger partial charge in [0.15, 0.2) is 5.17 Å². The minimum atomic E-state index is -0.215. The molecule has 0 saturated carbocycles. The number of hydrogen-bond donors (Lipinski definition) is 0. The van der Waals surface area contributed by atoms with Crippen LogP contribution in [0.2, 0.25) is 0 Å². The molecule has 25 heavy (non-hydrogen) atoms. The summed E-state index contributed by atoms with van der Waals surface area (Å²) < 4.78 is 12.2. The van der Waals surface area contributed by atoms with Crippen LogP contribution in [-0.2, 0) is 9.53 Å². The molecule has 0 N–H and O–H groups in total. The van der Waals surface area contributed by atoms with Gasteiger partial charge >= 0.3 is 0 Å². The minimum Gasteiger partial charge on any atom is -0.457 e. The molecule has 5 nitrogen and oxygen atoms in total. The number of halogens is 1. The van der Waals surface area contributed by atoms with E-state index in [1.807, 2.05) is 36.4 Å². The summed E-state index contributed by atoms with van der Waals surface area (Å²) in [4.78, 5) is 19.0. The Morgan fingerprint density at radius 2 is 1.88 bits per heavy atom. The monoisotopic (exact) mass is 418 g/mol. The number of hydrogen-bond acceptors (Lipinski definition) is 5. The number of carbonyl (C=O) groups is 1. The number of rotatable bonds is 2. The standard InChI is InChI=1S/C18H15BrN2O3S/c19-13-3-1-12(2-4-13)15-6-5-14(24-15)11-16-17(22)20-18(25-16)21-7-9-23-10-8-21/h1-6,11H,7-10H2/b16-11-. The summed E-state index contributed by atoms with van der Waals surface area (Å²) in [5.74, 6) is 1.20. The summed E-state index contributed by atoms with van der Waals surface area (Å²) in [7, 11) is 0. The van der Waals surface area contributed by atoms with Crippen LogP contribution in [0.5, 0.6) is 0 Å². The van der Waals surface area contributed by atoms with Gasteiger partial charge in [-0.2, -0.15) is 4.99 Å². The first-order chi connectivity index (χ1) is 12.2. The smallest absolute Gasteiger partial charge is 0.286 e. The SMILES string of the molecule is O=C1N=C(N2CCOCC2)S/C1=C\c1ccc(-c2ccc(Br)cc2)o1. The summed E-state index contributed by atoms with van der Waals surface area (Å²) in [5.41, 5.74) is 0.989. The van der Waals surface area contributed by atoms with Crippen molar-refractivity contribution in [2.24, 2.45) is 4.99 Å². The molecule has 0 aliphatic carbocycles. The minimum absolute atomic E-state index is 0.215. The fourth-order valence-electron chi connectivity index (χ4n) is 2.62. The molecule has 0 bridgehead atoms. The maximum Gasteiger partial charge on any atom is 0.286 e. The number of morpholine rings is 1. The number of furan rings is 1. The van der Waals surface area contributed by atoms with Crippen LogP contribution in [0, 0.1) is 0 Å². The highest BCUT2D eigenvalue weighted by Crippen LogP contribution is 2.32. The molecule has 1 aromatic heterocycles. The lowest BCUT2D eigenvalue weighted by Gasteiger charge is -2.27. The van der Waals surface area contributed by atoms with Gasteiger partial charge in [-0.25, -0.2) is 0 Å². The molecular formula is C18H15BrN2O3S.